The van der Waals surface area contributed by atoms with Gasteiger partial charge < -0.3 is 9.27 Å². The molecule has 0 bridgehead atoms. The zero-order valence-electron chi connectivity index (χ0n) is 6.80. The Morgan fingerprint density at radius 3 is 2.92 bits per heavy atom. The molecule has 1 atom stereocenters. The van der Waals surface area contributed by atoms with Crippen molar-refractivity contribution in [2.75, 3.05) is 0 Å². The fraction of sp³-hybridized carbons (Fsp3) is 0.429. The van der Waals surface area contributed by atoms with E-state index in [0.717, 1.165) is 5.69 Å². The van der Waals surface area contributed by atoms with Gasteiger partial charge in [-0.2, -0.15) is 0 Å². The normalized spacial score (nSPS) is 12.6. The Balaban J connectivity index is 2.84. The zero-order chi connectivity index (χ0) is 9.14. The van der Waals surface area contributed by atoms with Crippen LogP contribution in [0.3, 0.4) is 0 Å². The molecule has 1 N–H and O–H groups in total. The summed E-state index contributed by atoms with van der Waals surface area (Å²) in [6.07, 6.45) is 1.53. The van der Waals surface area contributed by atoms with Crippen LogP contribution in [-0.2, 0) is 9.08 Å². The lowest BCUT2D eigenvalue weighted by Crippen LogP contribution is -2.10. The fourth-order valence-electron chi connectivity index (χ4n) is 0.984. The van der Waals surface area contributed by atoms with Crippen LogP contribution in [0.4, 0.5) is 0 Å². The zero-order valence-corrected chi connectivity index (χ0v) is 7.55. The van der Waals surface area contributed by atoms with Crippen LogP contribution in [0, 0.1) is 6.92 Å². The molecule has 0 spiro atoms. The molecule has 1 aromatic heterocycles. The number of hydrogen-bond acceptors (Lipinski definition) is 3. The molecule has 0 amide bonds. The van der Waals surface area contributed by atoms with Gasteiger partial charge in [0, 0.05) is 5.69 Å². The van der Waals surface area contributed by atoms with E-state index >= 15 is 0 Å². The minimum absolute atomic E-state index is 0.422. The number of hydrogen-bond donors (Lipinski definition) is 1. The third-order valence-electron chi connectivity index (χ3n) is 1.71. The van der Waals surface area contributed by atoms with E-state index in [1.54, 1.807) is 6.92 Å². The SMILES string of the molecule is Cc1[nH]cnc1C(C)C(=O)OCl. The first kappa shape index (κ1) is 9.06. The average molecular weight is 189 g/mol. The number of carbonyl (C=O) groups excluding carboxylic acids is 1. The molecule has 1 aromatic rings. The first-order chi connectivity index (χ1) is 5.66. The quantitative estimate of drug-likeness (QED) is 0.766. The summed E-state index contributed by atoms with van der Waals surface area (Å²) in [6, 6.07) is 0. The Hall–Kier alpha value is -1.03. The van der Waals surface area contributed by atoms with Crippen molar-refractivity contribution < 1.29 is 9.08 Å². The molecule has 0 aromatic carbocycles. The predicted molar refractivity (Wildman–Crippen MR) is 43.7 cm³/mol. The van der Waals surface area contributed by atoms with Gasteiger partial charge in [0.2, 0.25) is 0 Å². The standard InChI is InChI=1S/C7H9ClN2O2/c1-4(7(11)12-8)6-5(2)9-3-10-6/h3-4H,1-2H3,(H,9,10). The molecular weight excluding hydrogens is 180 g/mol. The van der Waals surface area contributed by atoms with Crippen molar-refractivity contribution in [3.8, 4) is 0 Å². The summed E-state index contributed by atoms with van der Waals surface area (Å²) in [5.74, 6) is -0.916. The molecule has 0 aliphatic rings. The Morgan fingerprint density at radius 1 is 1.83 bits per heavy atom. The van der Waals surface area contributed by atoms with Gasteiger partial charge in [-0.25, -0.2) is 9.78 Å². The summed E-state index contributed by atoms with van der Waals surface area (Å²) >= 11 is 4.93. The van der Waals surface area contributed by atoms with Gasteiger partial charge in [-0.3, -0.25) is 0 Å². The second-order valence-corrected chi connectivity index (χ2v) is 2.68. The number of H-pyrrole nitrogens is 1. The van der Waals surface area contributed by atoms with Crippen LogP contribution in [-0.4, -0.2) is 15.9 Å². The molecule has 0 fully saturated rings. The van der Waals surface area contributed by atoms with Crippen molar-refractivity contribution >= 4 is 17.8 Å². The molecule has 4 nitrogen and oxygen atoms in total. The maximum atomic E-state index is 11.0. The summed E-state index contributed by atoms with van der Waals surface area (Å²) in [4.78, 5) is 17.8. The monoisotopic (exact) mass is 188 g/mol. The van der Waals surface area contributed by atoms with Crippen LogP contribution >= 0.6 is 11.9 Å². The summed E-state index contributed by atoms with van der Waals surface area (Å²) < 4.78 is 4.07. The number of rotatable bonds is 2. The van der Waals surface area contributed by atoms with Crippen molar-refractivity contribution in [3.63, 3.8) is 0 Å². The first-order valence-electron chi connectivity index (χ1n) is 3.49. The maximum absolute atomic E-state index is 11.0. The van der Waals surface area contributed by atoms with E-state index in [1.165, 1.54) is 6.33 Å². The fourth-order valence-corrected chi connectivity index (χ4v) is 1.12. The molecule has 0 saturated heterocycles. The van der Waals surface area contributed by atoms with Gasteiger partial charge in [0.15, 0.2) is 0 Å². The van der Waals surface area contributed by atoms with Gasteiger partial charge in [0.1, 0.15) is 11.9 Å². The molecule has 5 heteroatoms. The smallest absolute Gasteiger partial charge is 0.333 e. The minimum Gasteiger partial charge on any atom is -0.348 e. The number of carbonyl (C=O) groups is 1. The molecular formula is C7H9ClN2O2. The van der Waals surface area contributed by atoms with E-state index in [-0.39, 0.29) is 0 Å². The van der Waals surface area contributed by atoms with Crippen LogP contribution in [0.5, 0.6) is 0 Å². The molecule has 1 heterocycles. The second-order valence-electron chi connectivity index (χ2n) is 2.53. The molecule has 66 valence electrons. The van der Waals surface area contributed by atoms with E-state index in [4.69, 9.17) is 11.9 Å². The molecule has 0 aliphatic heterocycles. The summed E-state index contributed by atoms with van der Waals surface area (Å²) in [5, 5.41) is 0. The predicted octanol–water partition coefficient (Wildman–Crippen LogP) is 1.52. The molecule has 0 aliphatic carbocycles. The highest BCUT2D eigenvalue weighted by atomic mass is 35.5. The molecule has 1 unspecified atom stereocenters. The van der Waals surface area contributed by atoms with Gasteiger partial charge in [-0.1, -0.05) is 0 Å². The summed E-state index contributed by atoms with van der Waals surface area (Å²) in [6.45, 7) is 3.52. The van der Waals surface area contributed by atoms with Gasteiger partial charge in [-0.15, -0.1) is 0 Å². The lowest BCUT2D eigenvalue weighted by molar-refractivity contribution is -0.135. The minimum atomic E-state index is -0.494. The van der Waals surface area contributed by atoms with Crippen LogP contribution in [0.1, 0.15) is 24.2 Å². The third kappa shape index (κ3) is 1.58. The van der Waals surface area contributed by atoms with Crippen LogP contribution < -0.4 is 0 Å². The van der Waals surface area contributed by atoms with Crippen molar-refractivity contribution in [1.82, 2.24) is 9.97 Å². The number of aromatic amines is 1. The number of nitrogens with one attached hydrogen (secondary N) is 1. The van der Waals surface area contributed by atoms with Crippen molar-refractivity contribution in [2.45, 2.75) is 19.8 Å². The number of aryl methyl sites for hydroxylation is 1. The Bertz CT molecular complexity index is 285. The van der Waals surface area contributed by atoms with Gasteiger partial charge in [-0.05, 0) is 13.8 Å². The highest BCUT2D eigenvalue weighted by Crippen LogP contribution is 2.17. The molecule has 1 rings (SSSR count). The lowest BCUT2D eigenvalue weighted by atomic mass is 10.1. The van der Waals surface area contributed by atoms with E-state index in [2.05, 4.69) is 14.3 Å². The van der Waals surface area contributed by atoms with E-state index in [0.29, 0.717) is 5.69 Å². The van der Waals surface area contributed by atoms with Crippen molar-refractivity contribution in [3.05, 3.63) is 17.7 Å². The average Bonchev–Trinajstić information content (AvgIpc) is 2.48. The highest BCUT2D eigenvalue weighted by Gasteiger charge is 2.20. The van der Waals surface area contributed by atoms with E-state index in [1.807, 2.05) is 6.92 Å². The van der Waals surface area contributed by atoms with Gasteiger partial charge in [0.25, 0.3) is 0 Å². The highest BCUT2D eigenvalue weighted by molar-refractivity contribution is 6.13. The summed E-state index contributed by atoms with van der Waals surface area (Å²) in [5.41, 5.74) is 1.52. The second kappa shape index (κ2) is 3.58. The van der Waals surface area contributed by atoms with Crippen molar-refractivity contribution in [1.29, 1.82) is 0 Å². The van der Waals surface area contributed by atoms with Crippen LogP contribution in [0.25, 0.3) is 0 Å². The Labute approximate surface area is 75.1 Å². The lowest BCUT2D eigenvalue weighted by Gasteiger charge is -2.04. The first-order valence-corrected chi connectivity index (χ1v) is 3.80. The number of imidazole rings is 1. The van der Waals surface area contributed by atoms with Crippen molar-refractivity contribution in [2.24, 2.45) is 0 Å². The van der Waals surface area contributed by atoms with Gasteiger partial charge >= 0.3 is 5.97 Å². The van der Waals surface area contributed by atoms with E-state index in [9.17, 15) is 4.79 Å². The Morgan fingerprint density at radius 2 is 2.50 bits per heavy atom. The molecule has 0 radical (unpaired) electrons. The number of halogens is 1. The largest absolute Gasteiger partial charge is 0.348 e. The molecule has 0 saturated carbocycles. The third-order valence-corrected chi connectivity index (χ3v) is 1.86. The topological polar surface area (TPSA) is 55.0 Å². The van der Waals surface area contributed by atoms with Gasteiger partial charge in [0.05, 0.1) is 17.9 Å². The number of aromatic nitrogens is 2. The molecule has 12 heavy (non-hydrogen) atoms. The Kier molecular flexibility index (Phi) is 2.70. The maximum Gasteiger partial charge on any atom is 0.333 e. The van der Waals surface area contributed by atoms with Crippen LogP contribution in [0.15, 0.2) is 6.33 Å². The van der Waals surface area contributed by atoms with Crippen LogP contribution in [0.2, 0.25) is 0 Å². The number of nitrogens with zero attached hydrogens (tertiary/aromatic N) is 1. The van der Waals surface area contributed by atoms with E-state index < -0.39 is 11.9 Å². The summed E-state index contributed by atoms with van der Waals surface area (Å²) in [7, 11) is 0.